The summed E-state index contributed by atoms with van der Waals surface area (Å²) in [5, 5.41) is 0. The first-order valence-corrected chi connectivity index (χ1v) is 18.2. The van der Waals surface area contributed by atoms with E-state index in [9.17, 15) is 0 Å². The van der Waals surface area contributed by atoms with Crippen molar-refractivity contribution in [3.8, 4) is 90.8 Å². The van der Waals surface area contributed by atoms with Crippen LogP contribution >= 0.6 is 0 Å². The lowest BCUT2D eigenvalue weighted by Gasteiger charge is -2.14. The van der Waals surface area contributed by atoms with Gasteiger partial charge in [0.1, 0.15) is 11.6 Å². The molecule has 9 rings (SSSR count). The minimum atomic E-state index is 0.528. The van der Waals surface area contributed by atoms with Crippen molar-refractivity contribution in [1.82, 2.24) is 44.9 Å². The highest BCUT2D eigenvalue weighted by atomic mass is 15.0. The number of aryl methyl sites for hydroxylation is 2. The lowest BCUT2D eigenvalue weighted by molar-refractivity contribution is 0.928. The molecule has 3 heterocycles. The molecule has 56 heavy (non-hydrogen) atoms. The average Bonchev–Trinajstić information content (AvgIpc) is 3.27. The predicted octanol–water partition coefficient (Wildman–Crippen LogP) is 10.2. The Kier molecular flexibility index (Phi) is 9.14. The van der Waals surface area contributed by atoms with Gasteiger partial charge in [0, 0.05) is 38.9 Å². The van der Waals surface area contributed by atoms with Gasteiger partial charge in [-0.3, -0.25) is 0 Å². The molecule has 0 radical (unpaired) electrons. The quantitative estimate of drug-likeness (QED) is 0.151. The smallest absolute Gasteiger partial charge is 0.164 e. The maximum atomic E-state index is 5.10. The zero-order valence-electron chi connectivity index (χ0n) is 30.6. The van der Waals surface area contributed by atoms with Gasteiger partial charge in [0.05, 0.1) is 0 Å². The summed E-state index contributed by atoms with van der Waals surface area (Å²) in [4.78, 5) is 43.7. The Bertz CT molecular complexity index is 2740. The lowest BCUT2D eigenvalue weighted by atomic mass is 9.96. The van der Waals surface area contributed by atoms with Crippen molar-refractivity contribution in [2.24, 2.45) is 0 Å². The summed E-state index contributed by atoms with van der Waals surface area (Å²) in [5.74, 6) is 5.29. The van der Waals surface area contributed by atoms with E-state index in [-0.39, 0.29) is 0 Å². The van der Waals surface area contributed by atoms with Crippen molar-refractivity contribution in [2.75, 3.05) is 0 Å². The van der Waals surface area contributed by atoms with E-state index in [1.165, 1.54) is 0 Å². The molecule has 0 fully saturated rings. The van der Waals surface area contributed by atoms with E-state index >= 15 is 0 Å². The van der Waals surface area contributed by atoms with Crippen molar-refractivity contribution in [2.45, 2.75) is 13.8 Å². The third-order valence-electron chi connectivity index (χ3n) is 9.21. The predicted molar refractivity (Wildman–Crippen MR) is 220 cm³/mol. The van der Waals surface area contributed by atoms with Gasteiger partial charge >= 0.3 is 0 Å². The summed E-state index contributed by atoms with van der Waals surface area (Å²) < 4.78 is 0. The summed E-state index contributed by atoms with van der Waals surface area (Å²) in [5.41, 5.74) is 7.94. The van der Waals surface area contributed by atoms with Gasteiger partial charge in [0.15, 0.2) is 40.8 Å². The van der Waals surface area contributed by atoms with E-state index < -0.39 is 0 Å². The molecule has 0 N–H and O–H groups in total. The van der Waals surface area contributed by atoms with Gasteiger partial charge in [-0.1, -0.05) is 146 Å². The Hall–Kier alpha value is -7.65. The van der Waals surface area contributed by atoms with E-state index in [1.807, 2.05) is 159 Å². The maximum absolute atomic E-state index is 5.10. The Balaban J connectivity index is 1.22. The Labute approximate surface area is 324 Å². The minimum absolute atomic E-state index is 0.528. The zero-order chi connectivity index (χ0) is 37.8. The van der Waals surface area contributed by atoms with Gasteiger partial charge in [-0.25, -0.2) is 44.9 Å². The third-order valence-corrected chi connectivity index (χ3v) is 9.21. The van der Waals surface area contributed by atoms with E-state index in [4.69, 9.17) is 29.9 Å². The van der Waals surface area contributed by atoms with Crippen LogP contribution in [-0.2, 0) is 0 Å². The van der Waals surface area contributed by atoms with Gasteiger partial charge in [-0.05, 0) is 43.2 Å². The van der Waals surface area contributed by atoms with Gasteiger partial charge in [0.25, 0.3) is 0 Å². The number of rotatable bonds is 8. The number of hydrogen-bond donors (Lipinski definition) is 0. The molecular formula is C47H33N9. The van der Waals surface area contributed by atoms with E-state index in [0.717, 1.165) is 50.1 Å². The van der Waals surface area contributed by atoms with E-state index in [0.29, 0.717) is 52.4 Å². The maximum Gasteiger partial charge on any atom is 0.164 e. The largest absolute Gasteiger partial charge is 0.219 e. The molecule has 0 unspecified atom stereocenters. The molecule has 0 saturated heterocycles. The molecule has 0 aliphatic heterocycles. The highest BCUT2D eigenvalue weighted by Gasteiger charge is 2.19. The SMILES string of the molecule is Cc1nc(C)nc(-c2cccc(-c3nc(-c4ccccc4)nc(-c4ccc(-c5nc(-c6ccccc6)nc(-c6ccccc6)n5)c(-c5ccccc5)c4)n3)c2)n1. The summed E-state index contributed by atoms with van der Waals surface area (Å²) in [6.07, 6.45) is 0. The number of nitrogens with zero attached hydrogens (tertiary/aromatic N) is 9. The van der Waals surface area contributed by atoms with Crippen LogP contribution < -0.4 is 0 Å². The number of benzene rings is 6. The minimum Gasteiger partial charge on any atom is -0.219 e. The van der Waals surface area contributed by atoms with Gasteiger partial charge in [-0.15, -0.1) is 0 Å². The monoisotopic (exact) mass is 723 g/mol. The van der Waals surface area contributed by atoms with Crippen LogP contribution in [0.15, 0.2) is 164 Å². The molecule has 0 aliphatic rings. The summed E-state index contributed by atoms with van der Waals surface area (Å²) >= 11 is 0. The third kappa shape index (κ3) is 7.16. The van der Waals surface area contributed by atoms with Crippen molar-refractivity contribution in [3.05, 3.63) is 175 Å². The van der Waals surface area contributed by atoms with Gasteiger partial charge in [-0.2, -0.15) is 0 Å². The Morgan fingerprint density at radius 3 is 1.02 bits per heavy atom. The van der Waals surface area contributed by atoms with Crippen LogP contribution in [0.1, 0.15) is 11.6 Å². The summed E-state index contributed by atoms with van der Waals surface area (Å²) in [7, 11) is 0. The molecule has 9 aromatic rings. The van der Waals surface area contributed by atoms with Gasteiger partial charge in [0.2, 0.25) is 0 Å². The fourth-order valence-corrected chi connectivity index (χ4v) is 6.56. The molecule has 266 valence electrons. The first-order valence-electron chi connectivity index (χ1n) is 18.2. The second kappa shape index (κ2) is 15.0. The van der Waals surface area contributed by atoms with Crippen LogP contribution in [0.3, 0.4) is 0 Å². The molecule has 0 aliphatic carbocycles. The van der Waals surface area contributed by atoms with E-state index in [1.54, 1.807) is 0 Å². The molecule has 0 atom stereocenters. The van der Waals surface area contributed by atoms with Crippen LogP contribution in [0, 0.1) is 13.8 Å². The number of hydrogen-bond acceptors (Lipinski definition) is 9. The first-order chi connectivity index (χ1) is 27.5. The van der Waals surface area contributed by atoms with Crippen molar-refractivity contribution in [1.29, 1.82) is 0 Å². The van der Waals surface area contributed by atoms with Crippen molar-refractivity contribution < 1.29 is 0 Å². The molecule has 0 spiro atoms. The Morgan fingerprint density at radius 1 is 0.232 bits per heavy atom. The molecule has 9 nitrogen and oxygen atoms in total. The average molecular weight is 724 g/mol. The van der Waals surface area contributed by atoms with Crippen molar-refractivity contribution >= 4 is 0 Å². The summed E-state index contributed by atoms with van der Waals surface area (Å²) in [6, 6.07) is 54.3. The first kappa shape index (κ1) is 34.1. The van der Waals surface area contributed by atoms with Crippen molar-refractivity contribution in [3.63, 3.8) is 0 Å². The van der Waals surface area contributed by atoms with Crippen LogP contribution in [0.2, 0.25) is 0 Å². The van der Waals surface area contributed by atoms with Gasteiger partial charge < -0.3 is 0 Å². The molecule has 0 amide bonds. The normalized spacial score (nSPS) is 11.0. The molecule has 0 bridgehead atoms. The molecule has 6 aromatic carbocycles. The fraction of sp³-hybridized carbons (Fsp3) is 0.0426. The fourth-order valence-electron chi connectivity index (χ4n) is 6.56. The van der Waals surface area contributed by atoms with Crippen LogP contribution in [0.25, 0.3) is 90.8 Å². The second-order valence-electron chi connectivity index (χ2n) is 13.2. The Morgan fingerprint density at radius 2 is 0.571 bits per heavy atom. The topological polar surface area (TPSA) is 116 Å². The van der Waals surface area contributed by atoms with Crippen LogP contribution in [0.5, 0.6) is 0 Å². The molecular weight excluding hydrogens is 691 g/mol. The highest BCUT2D eigenvalue weighted by molar-refractivity contribution is 5.85. The second-order valence-corrected chi connectivity index (χ2v) is 13.2. The van der Waals surface area contributed by atoms with Crippen LogP contribution in [0.4, 0.5) is 0 Å². The standard InChI is InChI=1S/C47H33N9/c1-30-48-31(2)50-44(49-30)36-24-15-25-37(28-36)45-52-41(33-18-9-4-10-19-33)53-46(54-45)38-26-27-39(40(29-38)32-16-7-3-8-17-32)47-55-42(34-20-11-5-12-21-34)51-43(56-47)35-22-13-6-14-23-35/h3-29H,1-2H3. The van der Waals surface area contributed by atoms with Crippen LogP contribution in [-0.4, -0.2) is 44.9 Å². The summed E-state index contributed by atoms with van der Waals surface area (Å²) in [6.45, 7) is 3.74. The molecule has 9 heteroatoms. The number of aromatic nitrogens is 9. The highest BCUT2D eigenvalue weighted by Crippen LogP contribution is 2.36. The van der Waals surface area contributed by atoms with E-state index in [2.05, 4.69) is 33.2 Å². The zero-order valence-corrected chi connectivity index (χ0v) is 30.6. The molecule has 3 aromatic heterocycles. The lowest BCUT2D eigenvalue weighted by Crippen LogP contribution is -2.03. The molecule has 0 saturated carbocycles.